The lowest BCUT2D eigenvalue weighted by Crippen LogP contribution is -2.21. The molecule has 0 amide bonds. The summed E-state index contributed by atoms with van der Waals surface area (Å²) in [5.41, 5.74) is -0.981. The lowest BCUT2D eigenvalue weighted by Gasteiger charge is -2.14. The Kier molecular flexibility index (Phi) is 3.28. The van der Waals surface area contributed by atoms with Crippen molar-refractivity contribution in [3.8, 4) is 5.75 Å². The Morgan fingerprint density at radius 2 is 2.07 bits per heavy atom. The molecule has 0 bridgehead atoms. The highest BCUT2D eigenvalue weighted by Gasteiger charge is 2.29. The zero-order valence-corrected chi connectivity index (χ0v) is 8.14. The molecule has 1 aromatic rings. The minimum atomic E-state index is -4.43. The van der Waals surface area contributed by atoms with Crippen molar-refractivity contribution < 1.29 is 18.3 Å². The quantitative estimate of drug-likeness (QED) is 0.803. The first-order valence-electron chi connectivity index (χ1n) is 3.89. The average Bonchev–Trinajstić information content (AvgIpc) is 2.10. The van der Waals surface area contributed by atoms with Gasteiger partial charge in [-0.3, -0.25) is 4.79 Å². The van der Waals surface area contributed by atoms with Crippen LogP contribution in [0.1, 0.15) is 5.69 Å². The largest absolute Gasteiger partial charge is 0.503 e. The molecule has 0 spiro atoms. The lowest BCUT2D eigenvalue weighted by molar-refractivity contribution is -0.141. The SMILES string of the molecule is O=c1ccn(CC(F)(F)F)c(CCl)c1O. The average molecular weight is 242 g/mol. The van der Waals surface area contributed by atoms with Crippen molar-refractivity contribution in [2.75, 3.05) is 0 Å². The van der Waals surface area contributed by atoms with E-state index in [1.165, 1.54) is 0 Å². The standard InChI is InChI=1S/C8H7ClF3NO2/c9-3-5-7(15)6(14)1-2-13(5)4-8(10,11)12/h1-2,15H,3-4H2. The first-order chi connectivity index (χ1) is 6.85. The minimum Gasteiger partial charge on any atom is -0.503 e. The summed E-state index contributed by atoms with van der Waals surface area (Å²) in [5, 5.41) is 9.19. The van der Waals surface area contributed by atoms with E-state index in [-0.39, 0.29) is 11.6 Å². The molecule has 0 aliphatic carbocycles. The topological polar surface area (TPSA) is 42.2 Å². The van der Waals surface area contributed by atoms with Crippen LogP contribution in [0.5, 0.6) is 5.75 Å². The van der Waals surface area contributed by atoms with Crippen LogP contribution in [-0.2, 0) is 12.4 Å². The molecule has 0 aromatic carbocycles. The molecule has 0 radical (unpaired) electrons. The van der Waals surface area contributed by atoms with Gasteiger partial charge in [0.1, 0.15) is 6.54 Å². The van der Waals surface area contributed by atoms with Gasteiger partial charge in [0, 0.05) is 12.3 Å². The van der Waals surface area contributed by atoms with Gasteiger partial charge in [0.25, 0.3) is 0 Å². The first-order valence-corrected chi connectivity index (χ1v) is 4.42. The summed E-state index contributed by atoms with van der Waals surface area (Å²) in [6.45, 7) is -1.29. The third-order valence-electron chi connectivity index (χ3n) is 1.74. The van der Waals surface area contributed by atoms with E-state index in [4.69, 9.17) is 11.6 Å². The van der Waals surface area contributed by atoms with E-state index in [0.29, 0.717) is 4.57 Å². The molecule has 0 unspecified atom stereocenters. The summed E-state index contributed by atoms with van der Waals surface area (Å²) >= 11 is 5.35. The maximum absolute atomic E-state index is 12.1. The Morgan fingerprint density at radius 3 is 2.53 bits per heavy atom. The number of alkyl halides is 4. The van der Waals surface area contributed by atoms with Gasteiger partial charge >= 0.3 is 6.18 Å². The zero-order valence-electron chi connectivity index (χ0n) is 7.38. The zero-order chi connectivity index (χ0) is 11.6. The second-order valence-corrected chi connectivity index (χ2v) is 3.12. The van der Waals surface area contributed by atoms with Gasteiger partial charge in [-0.2, -0.15) is 13.2 Å². The van der Waals surface area contributed by atoms with Gasteiger partial charge in [-0.1, -0.05) is 0 Å². The van der Waals surface area contributed by atoms with Crippen molar-refractivity contribution in [2.24, 2.45) is 0 Å². The molecule has 0 saturated heterocycles. The highest BCUT2D eigenvalue weighted by molar-refractivity contribution is 6.17. The molecule has 1 aromatic heterocycles. The highest BCUT2D eigenvalue weighted by atomic mass is 35.5. The fourth-order valence-corrected chi connectivity index (χ4v) is 1.37. The molecule has 0 saturated carbocycles. The van der Waals surface area contributed by atoms with Crippen LogP contribution in [0.3, 0.4) is 0 Å². The summed E-state index contributed by atoms with van der Waals surface area (Å²) in [6, 6.07) is 0.858. The molecule has 0 atom stereocenters. The third kappa shape index (κ3) is 2.89. The summed E-state index contributed by atoms with van der Waals surface area (Å²) in [4.78, 5) is 10.9. The van der Waals surface area contributed by atoms with E-state index < -0.39 is 23.9 Å². The second-order valence-electron chi connectivity index (χ2n) is 2.85. The molecule has 1 rings (SSSR count). The summed E-state index contributed by atoms with van der Waals surface area (Å²) in [5.74, 6) is -1.10. The monoisotopic (exact) mass is 241 g/mol. The van der Waals surface area contributed by atoms with Crippen molar-refractivity contribution in [1.29, 1.82) is 0 Å². The van der Waals surface area contributed by atoms with Gasteiger partial charge in [-0.25, -0.2) is 0 Å². The Bertz CT molecular complexity index is 413. The number of rotatable bonds is 2. The van der Waals surface area contributed by atoms with Crippen molar-refractivity contribution in [2.45, 2.75) is 18.6 Å². The van der Waals surface area contributed by atoms with Crippen molar-refractivity contribution in [3.05, 3.63) is 28.2 Å². The molecule has 0 aliphatic heterocycles. The highest BCUT2D eigenvalue weighted by Crippen LogP contribution is 2.21. The number of aromatic nitrogens is 1. The molecule has 0 aliphatic rings. The smallest absolute Gasteiger partial charge is 0.406 e. The predicted molar refractivity (Wildman–Crippen MR) is 48.0 cm³/mol. The van der Waals surface area contributed by atoms with Crippen LogP contribution in [0.2, 0.25) is 0 Å². The molecular weight excluding hydrogens is 235 g/mol. The normalized spacial score (nSPS) is 11.7. The van der Waals surface area contributed by atoms with E-state index in [2.05, 4.69) is 0 Å². The van der Waals surface area contributed by atoms with Crippen LogP contribution >= 0.6 is 11.6 Å². The van der Waals surface area contributed by atoms with Gasteiger partial charge in [0.05, 0.1) is 11.6 Å². The molecule has 0 fully saturated rings. The second kappa shape index (κ2) is 4.14. The number of aromatic hydroxyl groups is 1. The molecule has 1 heterocycles. The number of pyridine rings is 1. The fraction of sp³-hybridized carbons (Fsp3) is 0.375. The minimum absolute atomic E-state index is 0.235. The molecule has 3 nitrogen and oxygen atoms in total. The summed E-state index contributed by atoms with van der Waals surface area (Å²) in [7, 11) is 0. The Morgan fingerprint density at radius 1 is 1.47 bits per heavy atom. The van der Waals surface area contributed by atoms with Crippen LogP contribution in [0.25, 0.3) is 0 Å². The van der Waals surface area contributed by atoms with Crippen molar-refractivity contribution in [3.63, 3.8) is 0 Å². The number of hydrogen-bond acceptors (Lipinski definition) is 2. The van der Waals surface area contributed by atoms with Gasteiger partial charge in [0.2, 0.25) is 5.43 Å². The lowest BCUT2D eigenvalue weighted by atomic mass is 10.3. The Labute approximate surface area is 87.7 Å². The Balaban J connectivity index is 3.20. The first kappa shape index (κ1) is 11.9. The van der Waals surface area contributed by atoms with Gasteiger partial charge < -0.3 is 9.67 Å². The number of hydrogen-bond donors (Lipinski definition) is 1. The van der Waals surface area contributed by atoms with Crippen molar-refractivity contribution in [1.82, 2.24) is 4.57 Å². The summed E-state index contributed by atoms with van der Waals surface area (Å²) < 4.78 is 36.9. The molecule has 7 heteroatoms. The third-order valence-corrected chi connectivity index (χ3v) is 1.99. The molecule has 1 N–H and O–H groups in total. The van der Waals surface area contributed by atoms with E-state index in [0.717, 1.165) is 12.3 Å². The van der Waals surface area contributed by atoms with E-state index in [1.54, 1.807) is 0 Å². The summed E-state index contributed by atoms with van der Waals surface area (Å²) in [6.07, 6.45) is -3.48. The van der Waals surface area contributed by atoms with Crippen LogP contribution in [0.4, 0.5) is 13.2 Å². The fourth-order valence-electron chi connectivity index (χ4n) is 1.09. The molecule has 15 heavy (non-hydrogen) atoms. The number of nitrogens with zero attached hydrogens (tertiary/aromatic N) is 1. The maximum Gasteiger partial charge on any atom is 0.406 e. The van der Waals surface area contributed by atoms with Gasteiger partial charge in [-0.05, 0) is 0 Å². The van der Waals surface area contributed by atoms with Gasteiger partial charge in [-0.15, -0.1) is 11.6 Å². The molecule has 84 valence electrons. The van der Waals surface area contributed by atoms with E-state index in [1.807, 2.05) is 0 Å². The van der Waals surface area contributed by atoms with Crippen LogP contribution in [0, 0.1) is 0 Å². The Hall–Kier alpha value is -1.17. The number of halogens is 4. The van der Waals surface area contributed by atoms with Crippen molar-refractivity contribution >= 4 is 11.6 Å². The van der Waals surface area contributed by atoms with Crippen LogP contribution in [0.15, 0.2) is 17.1 Å². The van der Waals surface area contributed by atoms with E-state index in [9.17, 15) is 23.1 Å². The van der Waals surface area contributed by atoms with Gasteiger partial charge in [0.15, 0.2) is 5.75 Å². The predicted octanol–water partition coefficient (Wildman–Crippen LogP) is 1.85. The van der Waals surface area contributed by atoms with Crippen LogP contribution < -0.4 is 5.43 Å². The van der Waals surface area contributed by atoms with Crippen LogP contribution in [-0.4, -0.2) is 15.8 Å². The molecular formula is C8H7ClF3NO2. The van der Waals surface area contributed by atoms with E-state index >= 15 is 0 Å². The maximum atomic E-state index is 12.1.